The number of carbonyl (C=O) groups is 1. The molecule has 1 aromatic carbocycles. The lowest BCUT2D eigenvalue weighted by molar-refractivity contribution is 0.102. The molecule has 3 aromatic heterocycles. The minimum Gasteiger partial charge on any atom is -0.368 e. The van der Waals surface area contributed by atoms with Gasteiger partial charge in [-0.2, -0.15) is 5.10 Å². The van der Waals surface area contributed by atoms with Crippen LogP contribution >= 0.6 is 0 Å². The van der Waals surface area contributed by atoms with Crippen molar-refractivity contribution in [2.24, 2.45) is 5.92 Å². The largest absolute Gasteiger partial charge is 0.368 e. The number of benzene rings is 1. The molecule has 0 radical (unpaired) electrons. The molecule has 8 nitrogen and oxygen atoms in total. The van der Waals surface area contributed by atoms with Gasteiger partial charge in [-0.25, -0.2) is 9.37 Å². The first-order valence-electron chi connectivity index (χ1n) is 12.2. The fourth-order valence-corrected chi connectivity index (χ4v) is 4.92. The summed E-state index contributed by atoms with van der Waals surface area (Å²) in [5.41, 5.74) is 3.49. The maximum atomic E-state index is 14.5. The lowest BCUT2D eigenvalue weighted by Gasteiger charge is -2.41. The summed E-state index contributed by atoms with van der Waals surface area (Å²) in [6.45, 7) is 13.0. The molecule has 0 unspecified atom stereocenters. The standard InChI is InChI=1S/C26H32FN7O/c1-6-34-13-20-23(32-10-16(4)28-22(14-32)15(2)3)8-7-19(24(20)31-34)26(35)30-18-9-21(27)25-29-17(5)11-33(25)12-18/h7-9,11-13,15-16,22,28H,6,10,14H2,1-5H3,(H,30,35)/t16-,22-/m0/s1. The van der Waals surface area contributed by atoms with Gasteiger partial charge in [-0.15, -0.1) is 0 Å². The zero-order valence-corrected chi connectivity index (χ0v) is 20.8. The first-order valence-corrected chi connectivity index (χ1v) is 12.2. The summed E-state index contributed by atoms with van der Waals surface area (Å²) in [4.78, 5) is 19.9. The van der Waals surface area contributed by atoms with Crippen molar-refractivity contribution in [2.75, 3.05) is 23.3 Å². The fraction of sp³-hybridized carbons (Fsp3) is 0.423. The van der Waals surface area contributed by atoms with Crippen LogP contribution in [0.25, 0.3) is 16.6 Å². The molecule has 0 bridgehead atoms. The Labute approximate surface area is 204 Å². The molecule has 1 aliphatic heterocycles. The highest BCUT2D eigenvalue weighted by atomic mass is 19.1. The maximum absolute atomic E-state index is 14.5. The second kappa shape index (κ2) is 8.96. The first kappa shape index (κ1) is 23.3. The number of hydrogen-bond donors (Lipinski definition) is 2. The highest BCUT2D eigenvalue weighted by molar-refractivity contribution is 6.13. The Hall–Kier alpha value is -3.46. The molecule has 0 spiro atoms. The Balaban J connectivity index is 1.50. The smallest absolute Gasteiger partial charge is 0.257 e. The molecule has 4 aromatic rings. The van der Waals surface area contributed by atoms with E-state index in [4.69, 9.17) is 5.10 Å². The predicted molar refractivity (Wildman–Crippen MR) is 137 cm³/mol. The van der Waals surface area contributed by atoms with Crippen LogP contribution in [0.5, 0.6) is 0 Å². The number of hydrogen-bond acceptors (Lipinski definition) is 5. The number of carbonyl (C=O) groups excluding carboxylic acids is 1. The van der Waals surface area contributed by atoms with Gasteiger partial charge in [-0.3, -0.25) is 9.48 Å². The summed E-state index contributed by atoms with van der Waals surface area (Å²) in [7, 11) is 0. The zero-order valence-electron chi connectivity index (χ0n) is 20.8. The number of amides is 1. The summed E-state index contributed by atoms with van der Waals surface area (Å²) in [5, 5.41) is 12.2. The van der Waals surface area contributed by atoms with Gasteiger partial charge in [-0.1, -0.05) is 13.8 Å². The molecule has 1 saturated heterocycles. The van der Waals surface area contributed by atoms with E-state index in [2.05, 4.69) is 41.3 Å². The van der Waals surface area contributed by atoms with Crippen LogP contribution in [0.1, 0.15) is 43.7 Å². The molecule has 1 fully saturated rings. The van der Waals surface area contributed by atoms with Crippen molar-refractivity contribution in [3.05, 3.63) is 53.9 Å². The number of halogens is 1. The summed E-state index contributed by atoms with van der Waals surface area (Å²) in [6, 6.07) is 5.87. The van der Waals surface area contributed by atoms with Gasteiger partial charge in [-0.05, 0) is 38.8 Å². The van der Waals surface area contributed by atoms with E-state index in [1.165, 1.54) is 6.07 Å². The molecule has 9 heteroatoms. The zero-order chi connectivity index (χ0) is 24.9. The normalized spacial score (nSPS) is 18.7. The summed E-state index contributed by atoms with van der Waals surface area (Å²) in [6.07, 6.45) is 5.40. The Morgan fingerprint density at radius 1 is 1.26 bits per heavy atom. The lowest BCUT2D eigenvalue weighted by Crippen LogP contribution is -2.57. The summed E-state index contributed by atoms with van der Waals surface area (Å²) < 4.78 is 18.0. The number of aryl methyl sites for hydroxylation is 2. The van der Waals surface area contributed by atoms with E-state index in [0.717, 1.165) is 24.2 Å². The molecular weight excluding hydrogens is 445 g/mol. The van der Waals surface area contributed by atoms with Crippen molar-refractivity contribution in [1.29, 1.82) is 0 Å². The van der Waals surface area contributed by atoms with Gasteiger partial charge in [0.25, 0.3) is 5.91 Å². The average molecular weight is 478 g/mol. The molecule has 2 atom stereocenters. The molecule has 184 valence electrons. The lowest BCUT2D eigenvalue weighted by atomic mass is 9.98. The van der Waals surface area contributed by atoms with Gasteiger partial charge in [0.2, 0.25) is 0 Å². The number of anilines is 2. The van der Waals surface area contributed by atoms with E-state index in [0.29, 0.717) is 47.0 Å². The van der Waals surface area contributed by atoms with Gasteiger partial charge in [0.05, 0.1) is 16.9 Å². The SMILES string of the molecule is CCn1cc2c(N3C[C@@H](C(C)C)N[C@@H](C)C3)ccc(C(=O)Nc3cc(F)c4nc(C)cn4c3)c2n1. The minimum absolute atomic E-state index is 0.235. The topological polar surface area (TPSA) is 79.5 Å². The van der Waals surface area contributed by atoms with Crippen molar-refractivity contribution < 1.29 is 9.18 Å². The monoisotopic (exact) mass is 477 g/mol. The van der Waals surface area contributed by atoms with Crippen LogP contribution in [0, 0.1) is 18.7 Å². The van der Waals surface area contributed by atoms with Gasteiger partial charge in [0, 0.05) is 67.4 Å². The number of rotatable bonds is 5. The fourth-order valence-electron chi connectivity index (χ4n) is 4.92. The second-order valence-corrected chi connectivity index (χ2v) is 9.85. The van der Waals surface area contributed by atoms with Gasteiger partial charge in [0.15, 0.2) is 11.5 Å². The minimum atomic E-state index is -0.487. The molecular formula is C26H32FN7O. The Morgan fingerprint density at radius 2 is 2.06 bits per heavy atom. The molecule has 1 amide bonds. The van der Waals surface area contributed by atoms with Crippen LogP contribution in [0.4, 0.5) is 15.8 Å². The number of aromatic nitrogens is 4. The Kier molecular flexibility index (Phi) is 5.96. The van der Waals surface area contributed by atoms with Gasteiger partial charge in [0.1, 0.15) is 5.52 Å². The van der Waals surface area contributed by atoms with Crippen molar-refractivity contribution in [1.82, 2.24) is 24.5 Å². The molecule has 35 heavy (non-hydrogen) atoms. The number of fused-ring (bicyclic) bond motifs is 2. The Bertz CT molecular complexity index is 1410. The van der Waals surface area contributed by atoms with Gasteiger partial charge < -0.3 is 19.9 Å². The van der Waals surface area contributed by atoms with E-state index in [1.807, 2.05) is 29.9 Å². The van der Waals surface area contributed by atoms with E-state index in [-0.39, 0.29) is 11.6 Å². The molecule has 2 N–H and O–H groups in total. The number of pyridine rings is 1. The van der Waals surface area contributed by atoms with Crippen LogP contribution in [-0.2, 0) is 6.54 Å². The van der Waals surface area contributed by atoms with Gasteiger partial charge >= 0.3 is 0 Å². The van der Waals surface area contributed by atoms with E-state index in [9.17, 15) is 9.18 Å². The van der Waals surface area contributed by atoms with Crippen LogP contribution in [-0.4, -0.2) is 50.2 Å². The van der Waals surface area contributed by atoms with Crippen LogP contribution in [0.2, 0.25) is 0 Å². The highest BCUT2D eigenvalue weighted by Crippen LogP contribution is 2.31. The highest BCUT2D eigenvalue weighted by Gasteiger charge is 2.28. The van der Waals surface area contributed by atoms with E-state index >= 15 is 0 Å². The second-order valence-electron chi connectivity index (χ2n) is 9.85. The van der Waals surface area contributed by atoms with Crippen LogP contribution in [0.15, 0.2) is 36.8 Å². The first-order chi connectivity index (χ1) is 16.7. The number of imidazole rings is 1. The van der Waals surface area contributed by atoms with E-state index < -0.39 is 5.82 Å². The van der Waals surface area contributed by atoms with E-state index in [1.54, 1.807) is 23.7 Å². The molecule has 5 rings (SSSR count). The summed E-state index contributed by atoms with van der Waals surface area (Å²) >= 11 is 0. The third-order valence-electron chi connectivity index (χ3n) is 6.71. The van der Waals surface area contributed by atoms with Crippen molar-refractivity contribution in [3.63, 3.8) is 0 Å². The number of nitrogens with one attached hydrogen (secondary N) is 2. The van der Waals surface area contributed by atoms with Crippen LogP contribution < -0.4 is 15.5 Å². The molecule has 4 heterocycles. The summed E-state index contributed by atoms with van der Waals surface area (Å²) in [5.74, 6) is -0.303. The third-order valence-corrected chi connectivity index (χ3v) is 6.71. The average Bonchev–Trinajstić information content (AvgIpc) is 3.41. The molecule has 0 aliphatic carbocycles. The predicted octanol–water partition coefficient (Wildman–Crippen LogP) is 4.23. The van der Waals surface area contributed by atoms with Crippen molar-refractivity contribution in [2.45, 2.75) is 53.2 Å². The molecule has 0 saturated carbocycles. The van der Waals surface area contributed by atoms with Crippen molar-refractivity contribution in [3.8, 4) is 0 Å². The maximum Gasteiger partial charge on any atom is 0.257 e. The number of nitrogens with zero attached hydrogens (tertiary/aromatic N) is 5. The van der Waals surface area contributed by atoms with Crippen LogP contribution in [0.3, 0.4) is 0 Å². The quantitative estimate of drug-likeness (QED) is 0.450. The van der Waals surface area contributed by atoms with Crippen molar-refractivity contribution >= 4 is 33.8 Å². The third kappa shape index (κ3) is 4.36. The molecule has 1 aliphatic rings. The Morgan fingerprint density at radius 3 is 2.80 bits per heavy atom. The number of piperazine rings is 1.